The summed E-state index contributed by atoms with van der Waals surface area (Å²) in [4.78, 5) is 0. The number of hydrogen-bond acceptors (Lipinski definition) is 3. The lowest BCUT2D eigenvalue weighted by Gasteiger charge is -2.30. The van der Waals surface area contributed by atoms with E-state index in [4.69, 9.17) is 4.74 Å². The van der Waals surface area contributed by atoms with Crippen molar-refractivity contribution in [2.45, 2.75) is 31.5 Å². The number of nitrogens with one attached hydrogen (secondary N) is 2. The highest BCUT2D eigenvalue weighted by molar-refractivity contribution is 5.56. The maximum atomic E-state index is 13.3. The smallest absolute Gasteiger partial charge is 0.273 e. The van der Waals surface area contributed by atoms with Crippen LogP contribution >= 0.6 is 0 Å². The normalized spacial score (nSPS) is 25.8. The fraction of sp³-hybridized carbons (Fsp3) is 0.538. The van der Waals surface area contributed by atoms with Crippen LogP contribution in [0.5, 0.6) is 0 Å². The first-order valence-electron chi connectivity index (χ1n) is 6.18. The fourth-order valence-corrected chi connectivity index (χ4v) is 2.61. The van der Waals surface area contributed by atoms with Crippen molar-refractivity contribution in [3.8, 4) is 0 Å². The summed E-state index contributed by atoms with van der Waals surface area (Å²) < 4.78 is 31.5. The van der Waals surface area contributed by atoms with Crippen LogP contribution < -0.4 is 10.6 Å². The summed E-state index contributed by atoms with van der Waals surface area (Å²) in [6.45, 7) is 1.52. The van der Waals surface area contributed by atoms with E-state index in [0.29, 0.717) is 6.61 Å². The summed E-state index contributed by atoms with van der Waals surface area (Å²) in [5.41, 5.74) is 3.37. The fourth-order valence-electron chi connectivity index (χ4n) is 2.61. The van der Waals surface area contributed by atoms with Crippen molar-refractivity contribution in [2.24, 2.45) is 0 Å². The minimum absolute atomic E-state index is 0.163. The Hall–Kier alpha value is -1.20. The van der Waals surface area contributed by atoms with Crippen LogP contribution in [0.3, 0.4) is 0 Å². The topological polar surface area (TPSA) is 33.3 Å². The lowest BCUT2D eigenvalue weighted by molar-refractivity contribution is -0.118. The van der Waals surface area contributed by atoms with Crippen LogP contribution in [0.2, 0.25) is 0 Å². The zero-order chi connectivity index (χ0) is 12.6. The second-order valence-corrected chi connectivity index (χ2v) is 4.96. The Morgan fingerprint density at radius 3 is 3.06 bits per heavy atom. The SMILES string of the molecule is FC1(F)COCC(Nc2cccc3c2CNC3)C1. The average molecular weight is 254 g/mol. The molecule has 0 aromatic heterocycles. The molecule has 2 heterocycles. The van der Waals surface area contributed by atoms with Gasteiger partial charge in [-0.25, -0.2) is 8.78 Å². The van der Waals surface area contributed by atoms with Gasteiger partial charge in [-0.3, -0.25) is 0 Å². The van der Waals surface area contributed by atoms with Gasteiger partial charge in [-0.2, -0.15) is 0 Å². The summed E-state index contributed by atoms with van der Waals surface area (Å²) in [6, 6.07) is 5.64. The molecule has 0 bridgehead atoms. The number of rotatable bonds is 2. The summed E-state index contributed by atoms with van der Waals surface area (Å²) >= 11 is 0. The van der Waals surface area contributed by atoms with Gasteiger partial charge in [0.25, 0.3) is 5.92 Å². The Labute approximate surface area is 105 Å². The molecule has 0 aliphatic carbocycles. The molecular formula is C13H16F2N2O. The molecule has 0 spiro atoms. The highest BCUT2D eigenvalue weighted by Crippen LogP contribution is 2.29. The van der Waals surface area contributed by atoms with Gasteiger partial charge in [0.05, 0.1) is 12.6 Å². The largest absolute Gasteiger partial charge is 0.379 e. The van der Waals surface area contributed by atoms with E-state index in [1.165, 1.54) is 11.1 Å². The van der Waals surface area contributed by atoms with Crippen LogP contribution in [0.15, 0.2) is 18.2 Å². The molecule has 1 aromatic rings. The van der Waals surface area contributed by atoms with E-state index in [1.54, 1.807) is 0 Å². The molecule has 1 unspecified atom stereocenters. The highest BCUT2D eigenvalue weighted by Gasteiger charge is 2.37. The predicted octanol–water partition coefficient (Wildman–Crippen LogP) is 2.13. The molecule has 2 aliphatic heterocycles. The number of anilines is 1. The molecule has 5 heteroatoms. The lowest BCUT2D eigenvalue weighted by Crippen LogP contribution is -2.42. The molecule has 98 valence electrons. The summed E-state index contributed by atoms with van der Waals surface area (Å²) in [7, 11) is 0. The van der Waals surface area contributed by atoms with E-state index >= 15 is 0 Å². The first kappa shape index (κ1) is 11.9. The molecule has 1 aromatic carbocycles. The van der Waals surface area contributed by atoms with Gasteiger partial charge >= 0.3 is 0 Å². The Kier molecular flexibility index (Phi) is 2.95. The summed E-state index contributed by atoms with van der Waals surface area (Å²) in [5, 5.41) is 6.45. The molecule has 0 saturated carbocycles. The van der Waals surface area contributed by atoms with Gasteiger partial charge in [0.15, 0.2) is 0 Å². The maximum absolute atomic E-state index is 13.3. The van der Waals surface area contributed by atoms with E-state index in [2.05, 4.69) is 16.7 Å². The third-order valence-corrected chi connectivity index (χ3v) is 3.43. The number of halogens is 2. The predicted molar refractivity (Wildman–Crippen MR) is 64.8 cm³/mol. The Morgan fingerprint density at radius 2 is 2.22 bits per heavy atom. The van der Waals surface area contributed by atoms with Gasteiger partial charge in [-0.15, -0.1) is 0 Å². The van der Waals surface area contributed by atoms with Crippen LogP contribution in [-0.4, -0.2) is 25.2 Å². The van der Waals surface area contributed by atoms with E-state index in [-0.39, 0.29) is 12.5 Å². The van der Waals surface area contributed by atoms with Crippen molar-refractivity contribution in [3.05, 3.63) is 29.3 Å². The van der Waals surface area contributed by atoms with Crippen LogP contribution in [-0.2, 0) is 17.8 Å². The van der Waals surface area contributed by atoms with Gasteiger partial charge in [-0.05, 0) is 17.2 Å². The molecule has 0 radical (unpaired) electrons. The van der Waals surface area contributed by atoms with Crippen LogP contribution in [0.4, 0.5) is 14.5 Å². The quantitative estimate of drug-likeness (QED) is 0.848. The first-order chi connectivity index (χ1) is 8.64. The zero-order valence-electron chi connectivity index (χ0n) is 10.0. The number of hydrogen-bond donors (Lipinski definition) is 2. The van der Waals surface area contributed by atoms with E-state index in [9.17, 15) is 8.78 Å². The third-order valence-electron chi connectivity index (χ3n) is 3.43. The molecule has 3 rings (SSSR count). The zero-order valence-corrected chi connectivity index (χ0v) is 10.0. The van der Waals surface area contributed by atoms with Crippen molar-refractivity contribution in [1.29, 1.82) is 0 Å². The molecule has 3 nitrogen and oxygen atoms in total. The lowest BCUT2D eigenvalue weighted by atomic mass is 10.0. The summed E-state index contributed by atoms with van der Waals surface area (Å²) in [5.74, 6) is -2.72. The number of fused-ring (bicyclic) bond motifs is 1. The van der Waals surface area contributed by atoms with Crippen molar-refractivity contribution < 1.29 is 13.5 Å². The van der Waals surface area contributed by atoms with Crippen LogP contribution in [0.25, 0.3) is 0 Å². The minimum Gasteiger partial charge on any atom is -0.379 e. The molecule has 18 heavy (non-hydrogen) atoms. The average Bonchev–Trinajstić information content (AvgIpc) is 2.77. The monoisotopic (exact) mass is 254 g/mol. The van der Waals surface area contributed by atoms with Crippen molar-refractivity contribution in [2.75, 3.05) is 18.5 Å². The molecule has 2 aliphatic rings. The molecule has 2 N–H and O–H groups in total. The minimum atomic E-state index is -2.72. The number of ether oxygens (including phenoxy) is 1. The van der Waals surface area contributed by atoms with Gasteiger partial charge < -0.3 is 15.4 Å². The van der Waals surface area contributed by atoms with Gasteiger partial charge in [0, 0.05) is 25.2 Å². The van der Waals surface area contributed by atoms with Gasteiger partial charge in [0.2, 0.25) is 0 Å². The summed E-state index contributed by atoms with van der Waals surface area (Å²) in [6.07, 6.45) is -0.163. The molecule has 0 amide bonds. The Balaban J connectivity index is 1.75. The van der Waals surface area contributed by atoms with Crippen molar-refractivity contribution >= 4 is 5.69 Å². The van der Waals surface area contributed by atoms with Gasteiger partial charge in [0.1, 0.15) is 6.61 Å². The maximum Gasteiger partial charge on any atom is 0.273 e. The Morgan fingerprint density at radius 1 is 1.33 bits per heavy atom. The molecule has 1 atom stereocenters. The van der Waals surface area contributed by atoms with Crippen LogP contribution in [0.1, 0.15) is 17.5 Å². The van der Waals surface area contributed by atoms with Crippen LogP contribution in [0, 0.1) is 0 Å². The highest BCUT2D eigenvalue weighted by atomic mass is 19.3. The second-order valence-electron chi connectivity index (χ2n) is 4.96. The second kappa shape index (κ2) is 4.48. The third kappa shape index (κ3) is 2.33. The van der Waals surface area contributed by atoms with Crippen molar-refractivity contribution in [1.82, 2.24) is 5.32 Å². The molecule has 1 fully saturated rings. The number of benzene rings is 1. The van der Waals surface area contributed by atoms with E-state index < -0.39 is 12.5 Å². The van der Waals surface area contributed by atoms with Crippen molar-refractivity contribution in [3.63, 3.8) is 0 Å². The molecular weight excluding hydrogens is 238 g/mol. The van der Waals surface area contributed by atoms with E-state index in [1.807, 2.05) is 12.1 Å². The van der Waals surface area contributed by atoms with E-state index in [0.717, 1.165) is 18.8 Å². The molecule has 1 saturated heterocycles. The Bertz CT molecular complexity index is 451. The van der Waals surface area contributed by atoms with Gasteiger partial charge in [-0.1, -0.05) is 12.1 Å². The standard InChI is InChI=1S/C13H16F2N2O/c14-13(15)4-10(7-18-8-13)17-12-3-1-2-9-5-16-6-11(9)12/h1-3,10,16-17H,4-8H2. The first-order valence-corrected chi connectivity index (χ1v) is 6.18. The number of alkyl halides is 2.